The minimum atomic E-state index is -0.543. The Labute approximate surface area is 336 Å². The average molecular weight is 742 g/mol. The predicted molar refractivity (Wildman–Crippen MR) is 241 cm³/mol. The average Bonchev–Trinajstić information content (AvgIpc) is 3.28. The van der Waals surface area contributed by atoms with Crippen LogP contribution in [0.4, 0.5) is 17.1 Å². The zero-order chi connectivity index (χ0) is 37.5. The summed E-state index contributed by atoms with van der Waals surface area (Å²) in [7, 11) is 0. The summed E-state index contributed by atoms with van der Waals surface area (Å²) in [5.74, 6) is 0. The van der Waals surface area contributed by atoms with Crippen LogP contribution in [0.1, 0.15) is 22.3 Å². The van der Waals surface area contributed by atoms with E-state index in [9.17, 15) is 0 Å². The Hall–Kier alpha value is -6.87. The molecule has 0 N–H and O–H groups in total. The van der Waals surface area contributed by atoms with E-state index in [4.69, 9.17) is 0 Å². The number of rotatable bonds is 4. The van der Waals surface area contributed by atoms with Crippen LogP contribution in [0, 0.1) is 0 Å². The van der Waals surface area contributed by atoms with Crippen LogP contribution in [0.2, 0.25) is 0 Å². The fourth-order valence-electron chi connectivity index (χ4n) is 9.91. The van der Waals surface area contributed by atoms with E-state index in [-0.39, 0.29) is 0 Å². The Morgan fingerprint density at radius 3 is 1.88 bits per heavy atom. The standard InChI is InChI=1S/C55H35NS/c1-2-16-39(17-3-1)54-43-21-7-6-15-37(43)29-32-50(54)56(41-30-28-36-14-4-5-18-40(36)34-41)42-31-33-52-49(35-42)55(47-25-10-11-27-51(47)57-52)46-24-9-8-22-44(46)45-23-12-19-38-20-13-26-48(55)53(38)45/h1-35H. The Morgan fingerprint density at radius 1 is 0.368 bits per heavy atom. The SMILES string of the molecule is c1ccc(-c2c(N(c3ccc4c(c3)C3(c5ccccc5S4)c4ccccc4-c4cccc5cccc3c45)c3ccc4ccccc4c3)ccc3ccccc23)cc1. The maximum atomic E-state index is 2.51. The fourth-order valence-corrected chi connectivity index (χ4v) is 11.1. The van der Waals surface area contributed by atoms with Crippen molar-refractivity contribution >= 4 is 61.1 Å². The first-order valence-electron chi connectivity index (χ1n) is 19.7. The highest BCUT2D eigenvalue weighted by molar-refractivity contribution is 7.99. The molecule has 1 unspecified atom stereocenters. The van der Waals surface area contributed by atoms with Gasteiger partial charge in [-0.25, -0.2) is 0 Å². The number of benzene rings is 10. The maximum absolute atomic E-state index is 2.51. The Morgan fingerprint density at radius 2 is 0.982 bits per heavy atom. The quantitative estimate of drug-likeness (QED) is 0.177. The van der Waals surface area contributed by atoms with E-state index in [2.05, 4.69) is 217 Å². The Bertz CT molecular complexity index is 3230. The molecule has 10 aromatic carbocycles. The van der Waals surface area contributed by atoms with Gasteiger partial charge >= 0.3 is 0 Å². The lowest BCUT2D eigenvalue weighted by Gasteiger charge is -2.46. The van der Waals surface area contributed by atoms with Crippen molar-refractivity contribution in [1.29, 1.82) is 0 Å². The molecule has 0 aromatic heterocycles. The summed E-state index contributed by atoms with van der Waals surface area (Å²) in [6.45, 7) is 0. The van der Waals surface area contributed by atoms with Crippen LogP contribution in [-0.4, -0.2) is 0 Å². The summed E-state index contributed by atoms with van der Waals surface area (Å²) in [4.78, 5) is 5.09. The third-order valence-electron chi connectivity index (χ3n) is 12.3. The molecule has 2 heteroatoms. The van der Waals surface area contributed by atoms with Crippen molar-refractivity contribution in [3.63, 3.8) is 0 Å². The van der Waals surface area contributed by atoms with Gasteiger partial charge in [-0.3, -0.25) is 0 Å². The van der Waals surface area contributed by atoms with E-state index in [0.29, 0.717) is 0 Å². The summed E-state index contributed by atoms with van der Waals surface area (Å²) >= 11 is 1.89. The first-order chi connectivity index (χ1) is 28.3. The van der Waals surface area contributed by atoms with Crippen molar-refractivity contribution < 1.29 is 0 Å². The molecule has 0 bridgehead atoms. The van der Waals surface area contributed by atoms with Gasteiger partial charge in [0.1, 0.15) is 0 Å². The molecule has 1 spiro atoms. The van der Waals surface area contributed by atoms with Crippen LogP contribution in [0.3, 0.4) is 0 Å². The van der Waals surface area contributed by atoms with Gasteiger partial charge in [-0.15, -0.1) is 0 Å². The highest BCUT2D eigenvalue weighted by Gasteiger charge is 2.48. The van der Waals surface area contributed by atoms with E-state index < -0.39 is 5.41 Å². The number of fused-ring (bicyclic) bond motifs is 10. The van der Waals surface area contributed by atoms with Crippen molar-refractivity contribution in [3.8, 4) is 22.3 Å². The van der Waals surface area contributed by atoms with Crippen LogP contribution in [0.25, 0.3) is 54.6 Å². The van der Waals surface area contributed by atoms with Crippen LogP contribution in [-0.2, 0) is 5.41 Å². The predicted octanol–water partition coefficient (Wildman–Crippen LogP) is 15.1. The fraction of sp³-hybridized carbons (Fsp3) is 0.0182. The lowest BCUT2D eigenvalue weighted by Crippen LogP contribution is -2.36. The molecule has 1 heterocycles. The number of nitrogens with zero attached hydrogens (tertiary/aromatic N) is 1. The van der Waals surface area contributed by atoms with Crippen molar-refractivity contribution in [2.75, 3.05) is 4.90 Å². The summed E-state index contributed by atoms with van der Waals surface area (Å²) in [6.07, 6.45) is 0. The van der Waals surface area contributed by atoms with E-state index in [1.54, 1.807) is 0 Å². The lowest BCUT2D eigenvalue weighted by molar-refractivity contribution is 0.707. The van der Waals surface area contributed by atoms with Crippen molar-refractivity contribution in [1.82, 2.24) is 0 Å². The van der Waals surface area contributed by atoms with Crippen molar-refractivity contribution in [2.24, 2.45) is 0 Å². The van der Waals surface area contributed by atoms with Crippen molar-refractivity contribution in [2.45, 2.75) is 15.2 Å². The van der Waals surface area contributed by atoms with Gasteiger partial charge in [0, 0.05) is 26.7 Å². The smallest absolute Gasteiger partial charge is 0.0736 e. The molecule has 12 rings (SSSR count). The molecular weight excluding hydrogens is 707 g/mol. The summed E-state index contributed by atoms with van der Waals surface area (Å²) < 4.78 is 0. The molecule has 0 amide bonds. The summed E-state index contributed by atoms with van der Waals surface area (Å²) in [6, 6.07) is 79.1. The lowest BCUT2D eigenvalue weighted by atomic mass is 9.59. The van der Waals surface area contributed by atoms with E-state index in [0.717, 1.165) is 17.1 Å². The van der Waals surface area contributed by atoms with Crippen LogP contribution < -0.4 is 4.90 Å². The molecule has 0 fully saturated rings. The van der Waals surface area contributed by atoms with Gasteiger partial charge in [0.25, 0.3) is 0 Å². The molecule has 10 aromatic rings. The number of anilines is 3. The van der Waals surface area contributed by atoms with Crippen molar-refractivity contribution in [3.05, 3.63) is 235 Å². The minimum Gasteiger partial charge on any atom is -0.310 e. The molecule has 1 nitrogen and oxygen atoms in total. The largest absolute Gasteiger partial charge is 0.310 e. The van der Waals surface area contributed by atoms with Gasteiger partial charge < -0.3 is 4.90 Å². The van der Waals surface area contributed by atoms with Crippen LogP contribution in [0.15, 0.2) is 222 Å². The second-order valence-corrected chi connectivity index (χ2v) is 16.3. The Balaban J connectivity index is 1.20. The monoisotopic (exact) mass is 741 g/mol. The molecular formula is C55H35NS. The molecule has 0 radical (unpaired) electrons. The zero-order valence-electron chi connectivity index (χ0n) is 31.1. The highest BCUT2D eigenvalue weighted by Crippen LogP contribution is 2.62. The minimum absolute atomic E-state index is 0.543. The van der Waals surface area contributed by atoms with Crippen LogP contribution in [0.5, 0.6) is 0 Å². The zero-order valence-corrected chi connectivity index (χ0v) is 31.9. The summed E-state index contributed by atoms with van der Waals surface area (Å²) in [5.41, 5.74) is 13.2. The third-order valence-corrected chi connectivity index (χ3v) is 13.4. The second-order valence-electron chi connectivity index (χ2n) is 15.2. The molecule has 1 atom stereocenters. The van der Waals surface area contributed by atoms with Gasteiger partial charge in [0.15, 0.2) is 0 Å². The van der Waals surface area contributed by atoms with E-state index in [1.165, 1.54) is 86.6 Å². The van der Waals surface area contributed by atoms with Crippen LogP contribution >= 0.6 is 11.8 Å². The van der Waals surface area contributed by atoms with Gasteiger partial charge in [0.05, 0.1) is 11.1 Å². The number of hydrogen-bond acceptors (Lipinski definition) is 2. The molecule has 57 heavy (non-hydrogen) atoms. The first-order valence-corrected chi connectivity index (χ1v) is 20.5. The molecule has 1 aliphatic carbocycles. The van der Waals surface area contributed by atoms with E-state index in [1.807, 2.05) is 11.8 Å². The molecule has 266 valence electrons. The second kappa shape index (κ2) is 12.6. The molecule has 0 saturated carbocycles. The normalized spacial score (nSPS) is 15.0. The Kier molecular flexibility index (Phi) is 7.14. The molecule has 2 aliphatic rings. The molecule has 0 saturated heterocycles. The third kappa shape index (κ3) is 4.72. The maximum Gasteiger partial charge on any atom is 0.0736 e. The van der Waals surface area contributed by atoms with Gasteiger partial charge in [0.2, 0.25) is 0 Å². The topological polar surface area (TPSA) is 3.24 Å². The van der Waals surface area contributed by atoms with Gasteiger partial charge in [-0.2, -0.15) is 0 Å². The number of hydrogen-bond donors (Lipinski definition) is 0. The van der Waals surface area contributed by atoms with Gasteiger partial charge in [-0.05, 0) is 114 Å². The summed E-state index contributed by atoms with van der Waals surface area (Å²) in [5, 5.41) is 7.51. The highest BCUT2D eigenvalue weighted by atomic mass is 32.2. The molecule has 1 aliphatic heterocycles. The van der Waals surface area contributed by atoms with Gasteiger partial charge in [-0.1, -0.05) is 182 Å². The van der Waals surface area contributed by atoms with E-state index >= 15 is 0 Å². The first kappa shape index (κ1) is 32.4.